The predicted octanol–water partition coefficient (Wildman–Crippen LogP) is 1.72. The minimum Gasteiger partial charge on any atom is -0.494 e. The second-order valence-corrected chi connectivity index (χ2v) is 5.86. The highest BCUT2D eigenvalue weighted by atomic mass is 32.2. The Hall–Kier alpha value is -1.27. The zero-order valence-electron chi connectivity index (χ0n) is 11.6. The van der Waals surface area contributed by atoms with Gasteiger partial charge >= 0.3 is 0 Å². The lowest BCUT2D eigenvalue weighted by Gasteiger charge is -2.24. The third kappa shape index (κ3) is 3.64. The van der Waals surface area contributed by atoms with Crippen LogP contribution >= 0.6 is 11.8 Å². The molecule has 2 unspecified atom stereocenters. The van der Waals surface area contributed by atoms with Crippen LogP contribution in [0.3, 0.4) is 0 Å². The number of rotatable bonds is 4. The summed E-state index contributed by atoms with van der Waals surface area (Å²) in [6.45, 7) is 2.68. The van der Waals surface area contributed by atoms with Gasteiger partial charge in [0.05, 0.1) is 19.2 Å². The molecule has 1 amide bonds. The summed E-state index contributed by atoms with van der Waals surface area (Å²) in [4.78, 5) is 12.1. The van der Waals surface area contributed by atoms with Gasteiger partial charge in [-0.15, -0.1) is 0 Å². The van der Waals surface area contributed by atoms with Crippen molar-refractivity contribution in [1.29, 1.82) is 0 Å². The second-order valence-electron chi connectivity index (χ2n) is 4.71. The van der Waals surface area contributed by atoms with E-state index in [2.05, 4.69) is 10.6 Å². The minimum absolute atomic E-state index is 0.0408. The number of halogens is 1. The SMILES string of the molecule is COc1ccc(C(C)NC(=O)C2CSCCN2)cc1F. The van der Waals surface area contributed by atoms with Crippen molar-refractivity contribution in [3.8, 4) is 5.75 Å². The molecule has 20 heavy (non-hydrogen) atoms. The third-order valence-electron chi connectivity index (χ3n) is 3.27. The Balaban J connectivity index is 1.98. The van der Waals surface area contributed by atoms with Gasteiger partial charge in [-0.1, -0.05) is 6.07 Å². The van der Waals surface area contributed by atoms with Crippen molar-refractivity contribution in [3.63, 3.8) is 0 Å². The van der Waals surface area contributed by atoms with Crippen LogP contribution in [0.2, 0.25) is 0 Å². The molecule has 110 valence electrons. The van der Waals surface area contributed by atoms with E-state index < -0.39 is 5.82 Å². The Bertz CT molecular complexity index is 478. The van der Waals surface area contributed by atoms with Crippen LogP contribution in [-0.4, -0.2) is 37.1 Å². The van der Waals surface area contributed by atoms with Crippen molar-refractivity contribution >= 4 is 17.7 Å². The molecule has 1 aromatic rings. The molecule has 1 aromatic carbocycles. The van der Waals surface area contributed by atoms with Gasteiger partial charge in [0.1, 0.15) is 0 Å². The van der Waals surface area contributed by atoms with Gasteiger partial charge in [-0.05, 0) is 24.6 Å². The van der Waals surface area contributed by atoms with Gasteiger partial charge in [0.25, 0.3) is 0 Å². The molecule has 2 N–H and O–H groups in total. The first-order valence-corrected chi connectivity index (χ1v) is 7.72. The summed E-state index contributed by atoms with van der Waals surface area (Å²) < 4.78 is 18.5. The number of benzene rings is 1. The fraction of sp³-hybridized carbons (Fsp3) is 0.500. The molecule has 1 aliphatic heterocycles. The number of carbonyl (C=O) groups excluding carboxylic acids is 1. The lowest BCUT2D eigenvalue weighted by molar-refractivity contribution is -0.123. The molecule has 2 atom stereocenters. The van der Waals surface area contributed by atoms with E-state index in [0.29, 0.717) is 0 Å². The van der Waals surface area contributed by atoms with Gasteiger partial charge in [-0.3, -0.25) is 4.79 Å². The molecular weight excluding hydrogens is 279 g/mol. The molecule has 6 heteroatoms. The van der Waals surface area contributed by atoms with E-state index in [1.807, 2.05) is 6.92 Å². The first-order valence-electron chi connectivity index (χ1n) is 6.56. The summed E-state index contributed by atoms with van der Waals surface area (Å²) in [5, 5.41) is 6.09. The van der Waals surface area contributed by atoms with Crippen LogP contribution in [0.4, 0.5) is 4.39 Å². The minimum atomic E-state index is -0.419. The first kappa shape index (κ1) is 15.1. The molecule has 0 aliphatic carbocycles. The van der Waals surface area contributed by atoms with Gasteiger partial charge in [0.2, 0.25) is 5.91 Å². The monoisotopic (exact) mass is 298 g/mol. The summed E-state index contributed by atoms with van der Waals surface area (Å²) >= 11 is 1.76. The molecule has 1 saturated heterocycles. The lowest BCUT2D eigenvalue weighted by Crippen LogP contribution is -2.49. The zero-order chi connectivity index (χ0) is 14.5. The topological polar surface area (TPSA) is 50.4 Å². The molecular formula is C14H19FN2O2S. The Labute approximate surface area is 122 Å². The van der Waals surface area contributed by atoms with Crippen LogP contribution in [0.1, 0.15) is 18.5 Å². The molecule has 2 rings (SSSR count). The molecule has 4 nitrogen and oxygen atoms in total. The number of hydrogen-bond donors (Lipinski definition) is 2. The lowest BCUT2D eigenvalue weighted by atomic mass is 10.1. The largest absolute Gasteiger partial charge is 0.494 e. The molecule has 0 aromatic heterocycles. The average Bonchev–Trinajstić information content (AvgIpc) is 2.48. The second kappa shape index (κ2) is 6.95. The maximum absolute atomic E-state index is 13.6. The van der Waals surface area contributed by atoms with E-state index in [0.717, 1.165) is 23.6 Å². The Morgan fingerprint density at radius 3 is 3.00 bits per heavy atom. The van der Waals surface area contributed by atoms with Crippen LogP contribution in [0.5, 0.6) is 5.75 Å². The van der Waals surface area contributed by atoms with Crippen molar-refractivity contribution in [3.05, 3.63) is 29.6 Å². The number of hydrogen-bond acceptors (Lipinski definition) is 4. The average molecular weight is 298 g/mol. The number of nitrogens with one attached hydrogen (secondary N) is 2. The molecule has 0 saturated carbocycles. The fourth-order valence-electron chi connectivity index (χ4n) is 2.08. The van der Waals surface area contributed by atoms with E-state index >= 15 is 0 Å². The highest BCUT2D eigenvalue weighted by Gasteiger charge is 2.22. The van der Waals surface area contributed by atoms with Gasteiger partial charge in [-0.25, -0.2) is 4.39 Å². The highest BCUT2D eigenvalue weighted by molar-refractivity contribution is 7.99. The molecule has 1 aliphatic rings. The first-order chi connectivity index (χ1) is 9.61. The van der Waals surface area contributed by atoms with Gasteiger partial charge in [0, 0.05) is 18.1 Å². The number of carbonyl (C=O) groups is 1. The maximum atomic E-state index is 13.6. The number of amides is 1. The number of methoxy groups -OCH3 is 1. The van der Waals surface area contributed by atoms with Crippen molar-refractivity contribution < 1.29 is 13.9 Å². The smallest absolute Gasteiger partial charge is 0.238 e. The summed E-state index contributed by atoms with van der Waals surface area (Å²) in [7, 11) is 1.43. The number of thioether (sulfide) groups is 1. The van der Waals surface area contributed by atoms with Crippen molar-refractivity contribution in [1.82, 2.24) is 10.6 Å². The standard InChI is InChI=1S/C14H19FN2O2S/c1-9(10-3-4-13(19-2)11(15)7-10)17-14(18)12-8-20-6-5-16-12/h3-4,7,9,12,16H,5-6,8H2,1-2H3,(H,17,18). The van der Waals surface area contributed by atoms with E-state index in [-0.39, 0.29) is 23.7 Å². The maximum Gasteiger partial charge on any atom is 0.238 e. The van der Waals surface area contributed by atoms with E-state index in [4.69, 9.17) is 4.74 Å². The molecule has 0 bridgehead atoms. The Morgan fingerprint density at radius 2 is 2.40 bits per heavy atom. The summed E-state index contributed by atoms with van der Waals surface area (Å²) in [5.41, 5.74) is 0.722. The molecule has 0 spiro atoms. The Morgan fingerprint density at radius 1 is 1.60 bits per heavy atom. The van der Waals surface area contributed by atoms with Crippen molar-refractivity contribution in [2.75, 3.05) is 25.2 Å². The van der Waals surface area contributed by atoms with Crippen molar-refractivity contribution in [2.45, 2.75) is 19.0 Å². The fourth-order valence-corrected chi connectivity index (χ4v) is 3.02. The highest BCUT2D eigenvalue weighted by Crippen LogP contribution is 2.22. The quantitative estimate of drug-likeness (QED) is 0.888. The van der Waals surface area contributed by atoms with Gasteiger partial charge in [0.15, 0.2) is 11.6 Å². The van der Waals surface area contributed by atoms with E-state index in [1.54, 1.807) is 23.9 Å². The van der Waals surface area contributed by atoms with Crippen molar-refractivity contribution in [2.24, 2.45) is 0 Å². The zero-order valence-corrected chi connectivity index (χ0v) is 12.4. The van der Waals surface area contributed by atoms with Crippen LogP contribution in [0.15, 0.2) is 18.2 Å². The van der Waals surface area contributed by atoms with Gasteiger partial charge in [-0.2, -0.15) is 11.8 Å². The van der Waals surface area contributed by atoms with Gasteiger partial charge < -0.3 is 15.4 Å². The van der Waals surface area contributed by atoms with Crippen LogP contribution in [-0.2, 0) is 4.79 Å². The third-order valence-corrected chi connectivity index (χ3v) is 4.33. The molecule has 1 fully saturated rings. The molecule has 0 radical (unpaired) electrons. The van der Waals surface area contributed by atoms with E-state index in [9.17, 15) is 9.18 Å². The summed E-state index contributed by atoms with van der Waals surface area (Å²) in [6.07, 6.45) is 0. The van der Waals surface area contributed by atoms with E-state index in [1.165, 1.54) is 13.2 Å². The molecule has 1 heterocycles. The predicted molar refractivity (Wildman–Crippen MR) is 78.6 cm³/mol. The van der Waals surface area contributed by atoms with Crippen LogP contribution in [0, 0.1) is 5.82 Å². The van der Waals surface area contributed by atoms with Crippen LogP contribution in [0.25, 0.3) is 0 Å². The Kier molecular flexibility index (Phi) is 5.25. The van der Waals surface area contributed by atoms with Crippen LogP contribution < -0.4 is 15.4 Å². The summed E-state index contributed by atoms with van der Waals surface area (Å²) in [5.74, 6) is 1.55. The normalized spacial score (nSPS) is 20.2. The number of ether oxygens (including phenoxy) is 1. The summed E-state index contributed by atoms with van der Waals surface area (Å²) in [6, 6.07) is 4.32.